The molecule has 0 aliphatic rings. The van der Waals surface area contributed by atoms with Crippen LogP contribution in [0.2, 0.25) is 0 Å². The summed E-state index contributed by atoms with van der Waals surface area (Å²) in [5.41, 5.74) is 16.0. The number of guanidine groups is 1. The van der Waals surface area contributed by atoms with Crippen LogP contribution in [0.15, 0.2) is 4.99 Å². The van der Waals surface area contributed by atoms with Crippen LogP contribution in [-0.2, 0) is 24.0 Å². The highest BCUT2D eigenvalue weighted by molar-refractivity contribution is 7.98. The molecule has 4 atom stereocenters. The van der Waals surface area contributed by atoms with Gasteiger partial charge in [-0.1, -0.05) is 0 Å². The molecule has 3 amide bonds. The maximum absolute atomic E-state index is 12.8. The Labute approximate surface area is 195 Å². The van der Waals surface area contributed by atoms with Gasteiger partial charge < -0.3 is 43.4 Å². The standard InChI is InChI=1S/C18H33N7O7S/c1-9(19)14(28)23-10(4-3-6-22-18(20)21)15(29)25-12(8-13(26)27)16(30)24-11(17(31)32)5-7-33-2/h9-12H,3-8,19H2,1-2H3,(H,23,28)(H,24,30)(H,25,29)(H,26,27)(H,31,32)(H4,20,21,22). The Morgan fingerprint density at radius 1 is 0.909 bits per heavy atom. The molecule has 0 aromatic carbocycles. The van der Waals surface area contributed by atoms with E-state index < -0.39 is 60.2 Å². The van der Waals surface area contributed by atoms with Crippen LogP contribution in [-0.4, -0.2) is 88.6 Å². The minimum atomic E-state index is -1.57. The topological polar surface area (TPSA) is 252 Å². The normalized spacial score (nSPS) is 14.2. The van der Waals surface area contributed by atoms with Crippen molar-refractivity contribution in [2.45, 2.75) is 56.8 Å². The summed E-state index contributed by atoms with van der Waals surface area (Å²) in [6, 6.07) is -4.91. The second-order valence-corrected chi connectivity index (χ2v) is 8.12. The van der Waals surface area contributed by atoms with Crippen LogP contribution in [0.1, 0.15) is 32.6 Å². The Hall–Kier alpha value is -3.07. The minimum absolute atomic E-state index is 0.0635. The van der Waals surface area contributed by atoms with E-state index in [2.05, 4.69) is 20.9 Å². The third-order valence-electron chi connectivity index (χ3n) is 4.23. The van der Waals surface area contributed by atoms with Crippen molar-refractivity contribution < 1.29 is 34.2 Å². The number of hydrogen-bond acceptors (Lipinski definition) is 8. The highest BCUT2D eigenvalue weighted by Crippen LogP contribution is 2.05. The van der Waals surface area contributed by atoms with Gasteiger partial charge in [0.15, 0.2) is 5.96 Å². The van der Waals surface area contributed by atoms with E-state index in [-0.39, 0.29) is 31.8 Å². The summed E-state index contributed by atoms with van der Waals surface area (Å²) in [5, 5.41) is 25.4. The molecule has 4 unspecified atom stereocenters. The minimum Gasteiger partial charge on any atom is -0.481 e. The van der Waals surface area contributed by atoms with E-state index in [0.717, 1.165) is 0 Å². The molecule has 14 nitrogen and oxygen atoms in total. The monoisotopic (exact) mass is 491 g/mol. The second-order valence-electron chi connectivity index (χ2n) is 7.14. The molecule has 0 fully saturated rings. The molecular formula is C18H33N7O7S. The van der Waals surface area contributed by atoms with Gasteiger partial charge >= 0.3 is 11.9 Å². The summed E-state index contributed by atoms with van der Waals surface area (Å²) in [5.74, 6) is -4.85. The van der Waals surface area contributed by atoms with Crippen molar-refractivity contribution in [3.8, 4) is 0 Å². The van der Waals surface area contributed by atoms with Gasteiger partial charge in [0.1, 0.15) is 18.1 Å². The lowest BCUT2D eigenvalue weighted by Gasteiger charge is -2.24. The van der Waals surface area contributed by atoms with Gasteiger partial charge in [-0.3, -0.25) is 24.2 Å². The number of nitrogens with zero attached hydrogens (tertiary/aromatic N) is 1. The highest BCUT2D eigenvalue weighted by atomic mass is 32.2. The lowest BCUT2D eigenvalue weighted by molar-refractivity contribution is -0.143. The summed E-state index contributed by atoms with van der Waals surface area (Å²) < 4.78 is 0. The maximum Gasteiger partial charge on any atom is 0.326 e. The SMILES string of the molecule is CSCCC(NC(=O)C(CC(=O)O)NC(=O)C(CCCN=C(N)N)NC(=O)C(C)N)C(=O)O. The van der Waals surface area contributed by atoms with E-state index in [1.54, 1.807) is 6.26 Å². The van der Waals surface area contributed by atoms with Crippen LogP contribution >= 0.6 is 11.8 Å². The van der Waals surface area contributed by atoms with E-state index in [0.29, 0.717) is 5.75 Å². The first-order chi connectivity index (χ1) is 15.4. The van der Waals surface area contributed by atoms with Crippen LogP contribution in [0.25, 0.3) is 0 Å². The maximum atomic E-state index is 12.8. The zero-order valence-electron chi connectivity index (χ0n) is 18.6. The number of nitrogens with one attached hydrogen (secondary N) is 3. The van der Waals surface area contributed by atoms with E-state index in [4.69, 9.17) is 22.3 Å². The Morgan fingerprint density at radius 2 is 1.45 bits per heavy atom. The molecule has 188 valence electrons. The van der Waals surface area contributed by atoms with E-state index in [9.17, 15) is 29.1 Å². The molecular weight excluding hydrogens is 458 g/mol. The fourth-order valence-corrected chi connectivity index (χ4v) is 2.97. The first kappa shape index (κ1) is 29.9. The molecule has 0 saturated heterocycles. The van der Waals surface area contributed by atoms with Gasteiger partial charge in [0, 0.05) is 6.54 Å². The lowest BCUT2D eigenvalue weighted by atomic mass is 10.1. The fraction of sp³-hybridized carbons (Fsp3) is 0.667. The molecule has 11 N–H and O–H groups in total. The van der Waals surface area contributed by atoms with Gasteiger partial charge in [-0.25, -0.2) is 4.79 Å². The molecule has 15 heteroatoms. The number of carbonyl (C=O) groups is 5. The number of carbonyl (C=O) groups excluding carboxylic acids is 3. The Kier molecular flexibility index (Phi) is 14.2. The number of aliphatic imine (C=N–C) groups is 1. The summed E-state index contributed by atoms with van der Waals surface area (Å²) in [4.78, 5) is 63.7. The molecule has 0 aliphatic heterocycles. The quantitative estimate of drug-likeness (QED) is 0.0619. The number of hydrogen-bond donors (Lipinski definition) is 8. The van der Waals surface area contributed by atoms with Gasteiger partial charge in [-0.2, -0.15) is 11.8 Å². The number of carboxylic acid groups (broad SMARTS) is 2. The number of thioether (sulfide) groups is 1. The summed E-state index contributed by atoms with van der Waals surface area (Å²) in [6.07, 6.45) is 1.41. The lowest BCUT2D eigenvalue weighted by Crippen LogP contribution is -2.57. The molecule has 0 aliphatic carbocycles. The van der Waals surface area contributed by atoms with Gasteiger partial charge in [0.2, 0.25) is 17.7 Å². The molecule has 0 spiro atoms. The van der Waals surface area contributed by atoms with Crippen molar-refractivity contribution in [2.24, 2.45) is 22.2 Å². The van der Waals surface area contributed by atoms with Crippen LogP contribution in [0.5, 0.6) is 0 Å². The number of carboxylic acids is 2. The third kappa shape index (κ3) is 13.2. The van der Waals surface area contributed by atoms with E-state index in [1.165, 1.54) is 18.7 Å². The zero-order valence-corrected chi connectivity index (χ0v) is 19.4. The average molecular weight is 492 g/mol. The van der Waals surface area contributed by atoms with Crippen molar-refractivity contribution in [3.05, 3.63) is 0 Å². The molecule has 33 heavy (non-hydrogen) atoms. The molecule has 0 radical (unpaired) electrons. The molecule has 0 bridgehead atoms. The molecule has 0 rings (SSSR count). The summed E-state index contributed by atoms with van der Waals surface area (Å²) in [6.45, 7) is 1.57. The summed E-state index contributed by atoms with van der Waals surface area (Å²) >= 11 is 1.37. The van der Waals surface area contributed by atoms with Crippen molar-refractivity contribution in [2.75, 3.05) is 18.6 Å². The molecule has 0 aromatic rings. The van der Waals surface area contributed by atoms with E-state index >= 15 is 0 Å². The number of aliphatic carboxylic acids is 2. The fourth-order valence-electron chi connectivity index (χ4n) is 2.50. The second kappa shape index (κ2) is 15.7. The van der Waals surface area contributed by atoms with Crippen LogP contribution in [0, 0.1) is 0 Å². The molecule has 0 heterocycles. The van der Waals surface area contributed by atoms with Gasteiger partial charge in [0.25, 0.3) is 0 Å². The average Bonchev–Trinajstić information content (AvgIpc) is 2.71. The Bertz CT molecular complexity index is 729. The first-order valence-corrected chi connectivity index (χ1v) is 11.4. The van der Waals surface area contributed by atoms with Crippen molar-refractivity contribution in [3.63, 3.8) is 0 Å². The highest BCUT2D eigenvalue weighted by Gasteiger charge is 2.31. The Morgan fingerprint density at radius 3 is 1.94 bits per heavy atom. The third-order valence-corrected chi connectivity index (χ3v) is 4.87. The largest absolute Gasteiger partial charge is 0.481 e. The predicted octanol–water partition coefficient (Wildman–Crippen LogP) is -2.85. The van der Waals surface area contributed by atoms with Crippen molar-refractivity contribution in [1.29, 1.82) is 0 Å². The van der Waals surface area contributed by atoms with E-state index in [1.807, 2.05) is 0 Å². The number of amides is 3. The molecule has 0 saturated carbocycles. The van der Waals surface area contributed by atoms with Crippen LogP contribution in [0.3, 0.4) is 0 Å². The van der Waals surface area contributed by atoms with Gasteiger partial charge in [-0.15, -0.1) is 0 Å². The van der Waals surface area contributed by atoms with Gasteiger partial charge in [0.05, 0.1) is 12.5 Å². The zero-order chi connectivity index (χ0) is 25.6. The number of nitrogens with two attached hydrogens (primary N) is 3. The van der Waals surface area contributed by atoms with Gasteiger partial charge in [-0.05, 0) is 38.2 Å². The molecule has 0 aromatic heterocycles. The van der Waals surface area contributed by atoms with Crippen LogP contribution < -0.4 is 33.2 Å². The Balaban J connectivity index is 5.45. The van der Waals surface area contributed by atoms with Crippen molar-refractivity contribution >= 4 is 47.4 Å². The summed E-state index contributed by atoms with van der Waals surface area (Å²) in [7, 11) is 0. The first-order valence-electron chi connectivity index (χ1n) is 10.0. The number of rotatable bonds is 16. The smallest absolute Gasteiger partial charge is 0.326 e. The van der Waals surface area contributed by atoms with Crippen molar-refractivity contribution in [1.82, 2.24) is 16.0 Å². The van der Waals surface area contributed by atoms with Crippen LogP contribution in [0.4, 0.5) is 0 Å². The predicted molar refractivity (Wildman–Crippen MR) is 122 cm³/mol.